The maximum absolute atomic E-state index is 5.06. The third kappa shape index (κ3) is 7.24. The zero-order chi connectivity index (χ0) is 20.2. The van der Waals surface area contributed by atoms with Gasteiger partial charge in [0.2, 0.25) is 0 Å². The molecule has 28 heavy (non-hydrogen) atoms. The number of unbranched alkanes of at least 4 members (excludes halogenated alkanes) is 2. The van der Waals surface area contributed by atoms with Crippen LogP contribution in [0.5, 0.6) is 0 Å². The minimum absolute atomic E-state index is 0.771. The van der Waals surface area contributed by atoms with Crippen LogP contribution < -0.4 is 4.90 Å². The molecular formula is C25H40N2S. The summed E-state index contributed by atoms with van der Waals surface area (Å²) >= 11 is 1.82. The molecule has 2 atom stereocenters. The van der Waals surface area contributed by atoms with E-state index in [-0.39, 0.29) is 0 Å². The average Bonchev–Trinajstić information content (AvgIpc) is 3.23. The highest BCUT2D eigenvalue weighted by atomic mass is 32.1. The van der Waals surface area contributed by atoms with E-state index in [4.69, 9.17) is 4.98 Å². The van der Waals surface area contributed by atoms with Crippen molar-refractivity contribution in [3.05, 3.63) is 35.7 Å². The van der Waals surface area contributed by atoms with E-state index in [2.05, 4.69) is 68.3 Å². The lowest BCUT2D eigenvalue weighted by atomic mass is 9.96. The van der Waals surface area contributed by atoms with E-state index in [1.54, 1.807) is 0 Å². The predicted molar refractivity (Wildman–Crippen MR) is 126 cm³/mol. The van der Waals surface area contributed by atoms with Crippen molar-refractivity contribution < 1.29 is 0 Å². The van der Waals surface area contributed by atoms with Crippen LogP contribution in [0.2, 0.25) is 0 Å². The molecule has 0 aliphatic carbocycles. The number of nitrogens with zero attached hydrogens (tertiary/aromatic N) is 2. The van der Waals surface area contributed by atoms with Crippen LogP contribution in [0, 0.1) is 11.8 Å². The maximum atomic E-state index is 5.06. The van der Waals surface area contributed by atoms with Gasteiger partial charge >= 0.3 is 0 Å². The van der Waals surface area contributed by atoms with Gasteiger partial charge in [0, 0.05) is 24.0 Å². The first-order valence-corrected chi connectivity index (χ1v) is 12.4. The molecule has 0 aliphatic heterocycles. The van der Waals surface area contributed by atoms with Crippen LogP contribution in [0.25, 0.3) is 11.3 Å². The molecule has 1 heterocycles. The van der Waals surface area contributed by atoms with Gasteiger partial charge in [-0.15, -0.1) is 11.3 Å². The second kappa shape index (κ2) is 13.0. The van der Waals surface area contributed by atoms with Gasteiger partial charge in [-0.1, -0.05) is 96.6 Å². The highest BCUT2D eigenvalue weighted by Crippen LogP contribution is 2.30. The Morgan fingerprint density at radius 3 is 1.93 bits per heavy atom. The summed E-state index contributed by atoms with van der Waals surface area (Å²) in [5.41, 5.74) is 2.34. The van der Waals surface area contributed by atoms with Gasteiger partial charge in [0.15, 0.2) is 5.13 Å². The summed E-state index contributed by atoms with van der Waals surface area (Å²) in [7, 11) is 0. The van der Waals surface area contributed by atoms with Crippen LogP contribution in [-0.2, 0) is 0 Å². The number of benzene rings is 1. The van der Waals surface area contributed by atoms with E-state index in [9.17, 15) is 0 Å². The molecule has 2 rings (SSSR count). The van der Waals surface area contributed by atoms with Gasteiger partial charge in [0.1, 0.15) is 0 Å². The molecule has 2 aromatic rings. The second-order valence-electron chi connectivity index (χ2n) is 8.12. The van der Waals surface area contributed by atoms with E-state index in [0.29, 0.717) is 0 Å². The first-order valence-electron chi connectivity index (χ1n) is 11.5. The van der Waals surface area contributed by atoms with Crippen LogP contribution in [0.15, 0.2) is 35.7 Å². The van der Waals surface area contributed by atoms with Gasteiger partial charge in [0.05, 0.1) is 5.69 Å². The van der Waals surface area contributed by atoms with Crippen molar-refractivity contribution in [1.82, 2.24) is 4.98 Å². The lowest BCUT2D eigenvalue weighted by Gasteiger charge is -2.30. The fourth-order valence-electron chi connectivity index (χ4n) is 3.84. The molecule has 156 valence electrons. The van der Waals surface area contributed by atoms with E-state index in [0.717, 1.165) is 30.6 Å². The fourth-order valence-corrected chi connectivity index (χ4v) is 4.69. The minimum atomic E-state index is 0.771. The summed E-state index contributed by atoms with van der Waals surface area (Å²) in [4.78, 5) is 7.68. The monoisotopic (exact) mass is 400 g/mol. The summed E-state index contributed by atoms with van der Waals surface area (Å²) in [5, 5.41) is 3.45. The van der Waals surface area contributed by atoms with E-state index in [1.165, 1.54) is 62.1 Å². The number of rotatable bonds is 14. The van der Waals surface area contributed by atoms with Crippen molar-refractivity contribution >= 4 is 16.5 Å². The zero-order valence-corrected chi connectivity index (χ0v) is 19.3. The number of hydrogen-bond acceptors (Lipinski definition) is 3. The highest BCUT2D eigenvalue weighted by molar-refractivity contribution is 7.14. The molecule has 0 spiro atoms. The van der Waals surface area contributed by atoms with Crippen molar-refractivity contribution in [3.63, 3.8) is 0 Å². The summed E-state index contributed by atoms with van der Waals surface area (Å²) in [6.45, 7) is 11.6. The summed E-state index contributed by atoms with van der Waals surface area (Å²) in [6.07, 6.45) is 10.5. The largest absolute Gasteiger partial charge is 0.348 e. The maximum Gasteiger partial charge on any atom is 0.185 e. The lowest BCUT2D eigenvalue weighted by molar-refractivity contribution is 0.403. The Hall–Kier alpha value is -1.35. The van der Waals surface area contributed by atoms with Crippen LogP contribution in [0.4, 0.5) is 5.13 Å². The molecule has 1 aromatic carbocycles. The highest BCUT2D eigenvalue weighted by Gasteiger charge is 2.20. The molecule has 0 amide bonds. The molecule has 0 aliphatic rings. The molecule has 2 unspecified atom stereocenters. The molecule has 2 nitrogen and oxygen atoms in total. The van der Waals surface area contributed by atoms with Gasteiger partial charge < -0.3 is 4.90 Å². The Balaban J connectivity index is 2.17. The van der Waals surface area contributed by atoms with Gasteiger partial charge in [-0.3, -0.25) is 0 Å². The number of thiazole rings is 1. The molecule has 0 radical (unpaired) electrons. The molecule has 0 bridgehead atoms. The summed E-state index contributed by atoms with van der Waals surface area (Å²) in [5.74, 6) is 1.54. The molecular weight excluding hydrogens is 360 g/mol. The first kappa shape index (κ1) is 22.9. The Morgan fingerprint density at radius 1 is 0.857 bits per heavy atom. The smallest absolute Gasteiger partial charge is 0.185 e. The summed E-state index contributed by atoms with van der Waals surface area (Å²) in [6, 6.07) is 10.6. The lowest BCUT2D eigenvalue weighted by Crippen LogP contribution is -2.34. The average molecular weight is 401 g/mol. The molecule has 0 saturated carbocycles. The molecule has 3 heteroatoms. The first-order chi connectivity index (χ1) is 13.7. The van der Waals surface area contributed by atoms with Crippen molar-refractivity contribution in [2.24, 2.45) is 11.8 Å². The van der Waals surface area contributed by atoms with Crippen molar-refractivity contribution in [2.75, 3.05) is 18.0 Å². The van der Waals surface area contributed by atoms with Crippen LogP contribution in [0.1, 0.15) is 79.1 Å². The Morgan fingerprint density at radius 2 is 1.43 bits per heavy atom. The molecule has 0 fully saturated rings. The molecule has 1 aromatic heterocycles. The van der Waals surface area contributed by atoms with Gasteiger partial charge in [0.25, 0.3) is 0 Å². The Bertz CT molecular complexity index is 619. The minimum Gasteiger partial charge on any atom is -0.348 e. The van der Waals surface area contributed by atoms with Crippen LogP contribution in [0.3, 0.4) is 0 Å². The Kier molecular flexibility index (Phi) is 10.6. The summed E-state index contributed by atoms with van der Waals surface area (Å²) < 4.78 is 0. The number of hydrogen-bond donors (Lipinski definition) is 0. The van der Waals surface area contributed by atoms with E-state index < -0.39 is 0 Å². The van der Waals surface area contributed by atoms with Crippen LogP contribution in [-0.4, -0.2) is 18.1 Å². The molecule has 0 saturated heterocycles. The molecule has 0 N–H and O–H groups in total. The van der Waals surface area contributed by atoms with Crippen molar-refractivity contribution in [1.29, 1.82) is 0 Å². The van der Waals surface area contributed by atoms with E-state index >= 15 is 0 Å². The van der Waals surface area contributed by atoms with Crippen molar-refractivity contribution in [3.8, 4) is 11.3 Å². The predicted octanol–water partition coefficient (Wildman–Crippen LogP) is 8.05. The Labute approximate surface area is 177 Å². The van der Waals surface area contributed by atoms with Crippen LogP contribution >= 0.6 is 11.3 Å². The van der Waals surface area contributed by atoms with Crippen molar-refractivity contribution in [2.45, 2.75) is 79.1 Å². The van der Waals surface area contributed by atoms with E-state index in [1.807, 2.05) is 11.3 Å². The topological polar surface area (TPSA) is 16.1 Å². The number of anilines is 1. The van der Waals surface area contributed by atoms with Gasteiger partial charge in [-0.05, 0) is 24.7 Å². The SMILES string of the molecule is CCCCC(CC)CN(CC(CC)CCCC)c1nc(-c2ccccc2)cs1. The quantitative estimate of drug-likeness (QED) is 0.319. The second-order valence-corrected chi connectivity index (χ2v) is 8.96. The normalized spacial score (nSPS) is 13.4. The van der Waals surface area contributed by atoms with Gasteiger partial charge in [-0.2, -0.15) is 0 Å². The fraction of sp³-hybridized carbons (Fsp3) is 0.640. The number of aromatic nitrogens is 1. The standard InChI is InChI=1S/C25H40N2S/c1-5-9-14-21(7-3)18-27(19-22(8-4)15-10-6-2)25-26-24(20-28-25)23-16-12-11-13-17-23/h11-13,16-17,20-22H,5-10,14-15,18-19H2,1-4H3. The third-order valence-electron chi connectivity index (χ3n) is 5.88. The van der Waals surface area contributed by atoms with Gasteiger partial charge in [-0.25, -0.2) is 4.98 Å². The third-order valence-corrected chi connectivity index (χ3v) is 6.78. The zero-order valence-electron chi connectivity index (χ0n) is 18.5.